The van der Waals surface area contributed by atoms with Crippen molar-refractivity contribution >= 4 is 17.0 Å². The highest BCUT2D eigenvalue weighted by Crippen LogP contribution is 2.22. The monoisotopic (exact) mass is 194 g/mol. The van der Waals surface area contributed by atoms with Gasteiger partial charge in [-0.2, -0.15) is 0 Å². The molecule has 0 atom stereocenters. The molecule has 1 aromatic heterocycles. The highest BCUT2D eigenvalue weighted by Gasteiger charge is 2.22. The summed E-state index contributed by atoms with van der Waals surface area (Å²) in [6.07, 6.45) is 3.57. The Balaban J connectivity index is 2.18. The molecule has 0 fully saturated rings. The summed E-state index contributed by atoms with van der Waals surface area (Å²) in [6, 6.07) is 3.93. The molecule has 4 heteroatoms. The zero-order valence-corrected chi connectivity index (χ0v) is 8.17. The summed E-state index contributed by atoms with van der Waals surface area (Å²) >= 11 is 1.25. The maximum atomic E-state index is 11.3. The molecule has 1 aromatic rings. The fraction of sp³-hybridized carbons (Fsp3) is 0.333. The van der Waals surface area contributed by atoms with Gasteiger partial charge in [0.15, 0.2) is 0 Å². The summed E-state index contributed by atoms with van der Waals surface area (Å²) < 4.78 is 0. The van der Waals surface area contributed by atoms with Gasteiger partial charge in [-0.25, -0.2) is 0 Å². The summed E-state index contributed by atoms with van der Waals surface area (Å²) in [5.74, 6) is 0. The Morgan fingerprint density at radius 3 is 3.15 bits per heavy atom. The van der Waals surface area contributed by atoms with E-state index in [0.717, 1.165) is 5.69 Å². The normalized spacial score (nSPS) is 14.4. The lowest BCUT2D eigenvalue weighted by Gasteiger charge is -2.11. The average molecular weight is 194 g/mol. The Hall–Kier alpha value is -1.03. The number of nitrogens with zero attached hydrogens (tertiary/aromatic N) is 2. The summed E-state index contributed by atoms with van der Waals surface area (Å²) in [7, 11) is 0. The van der Waals surface area contributed by atoms with Crippen LogP contribution < -0.4 is 0 Å². The van der Waals surface area contributed by atoms with E-state index in [1.165, 1.54) is 17.3 Å². The Labute approximate surface area is 81.1 Å². The molecule has 0 aromatic carbocycles. The topological polar surface area (TPSA) is 33.2 Å². The molecule has 0 radical (unpaired) electrons. The largest absolute Gasteiger partial charge is 0.323 e. The standard InChI is InChI=1S/C9H10N2OS/c1-13-9(12)11-5-7-3-2-4-10-8(7)6-11/h2-4H,5-6H2,1H3. The molecule has 13 heavy (non-hydrogen) atoms. The van der Waals surface area contributed by atoms with Gasteiger partial charge in [-0.3, -0.25) is 9.78 Å². The van der Waals surface area contributed by atoms with Crippen LogP contribution >= 0.6 is 11.8 Å². The van der Waals surface area contributed by atoms with Crippen molar-refractivity contribution in [2.24, 2.45) is 0 Å². The Morgan fingerprint density at radius 1 is 1.62 bits per heavy atom. The van der Waals surface area contributed by atoms with Crippen molar-refractivity contribution < 1.29 is 4.79 Å². The SMILES string of the molecule is CSC(=O)N1Cc2cccnc2C1. The van der Waals surface area contributed by atoms with E-state index in [1.807, 2.05) is 17.0 Å². The van der Waals surface area contributed by atoms with Crippen LogP contribution in [0.4, 0.5) is 4.79 Å². The van der Waals surface area contributed by atoms with Crippen LogP contribution in [-0.4, -0.2) is 21.4 Å². The lowest BCUT2D eigenvalue weighted by atomic mass is 10.2. The first-order valence-corrected chi connectivity index (χ1v) is 5.29. The van der Waals surface area contributed by atoms with Gasteiger partial charge >= 0.3 is 0 Å². The van der Waals surface area contributed by atoms with E-state index in [2.05, 4.69) is 4.98 Å². The highest BCUT2D eigenvalue weighted by molar-refractivity contribution is 8.12. The molecule has 1 aliphatic heterocycles. The molecule has 1 amide bonds. The van der Waals surface area contributed by atoms with Crippen molar-refractivity contribution in [2.75, 3.05) is 6.26 Å². The number of pyridine rings is 1. The molecule has 1 aliphatic rings. The van der Waals surface area contributed by atoms with Crippen LogP contribution in [0.25, 0.3) is 0 Å². The molecule has 2 heterocycles. The number of hydrogen-bond acceptors (Lipinski definition) is 3. The van der Waals surface area contributed by atoms with E-state index < -0.39 is 0 Å². The number of aromatic nitrogens is 1. The van der Waals surface area contributed by atoms with Crippen LogP contribution in [0, 0.1) is 0 Å². The molecule has 0 aliphatic carbocycles. The second-order valence-electron chi connectivity index (χ2n) is 2.94. The van der Waals surface area contributed by atoms with Gasteiger partial charge in [-0.05, 0) is 17.9 Å². The fourth-order valence-electron chi connectivity index (χ4n) is 1.46. The molecule has 0 bridgehead atoms. The van der Waals surface area contributed by atoms with Crippen molar-refractivity contribution in [2.45, 2.75) is 13.1 Å². The number of amides is 1. The van der Waals surface area contributed by atoms with E-state index in [1.54, 1.807) is 12.5 Å². The number of hydrogen-bond donors (Lipinski definition) is 0. The third-order valence-corrected chi connectivity index (χ3v) is 2.73. The second-order valence-corrected chi connectivity index (χ2v) is 3.69. The van der Waals surface area contributed by atoms with E-state index in [9.17, 15) is 4.79 Å². The lowest BCUT2D eigenvalue weighted by Crippen LogP contribution is -2.20. The smallest absolute Gasteiger partial charge is 0.282 e. The van der Waals surface area contributed by atoms with Crippen molar-refractivity contribution in [3.8, 4) is 0 Å². The van der Waals surface area contributed by atoms with Gasteiger partial charge in [-0.1, -0.05) is 17.8 Å². The van der Waals surface area contributed by atoms with Crippen molar-refractivity contribution in [3.63, 3.8) is 0 Å². The first kappa shape index (κ1) is 8.56. The van der Waals surface area contributed by atoms with Crippen LogP contribution in [0.15, 0.2) is 18.3 Å². The Kier molecular flexibility index (Phi) is 2.22. The third-order valence-electron chi connectivity index (χ3n) is 2.12. The first-order valence-electron chi connectivity index (χ1n) is 4.07. The van der Waals surface area contributed by atoms with Crippen LogP contribution in [-0.2, 0) is 13.1 Å². The molecule has 0 saturated heterocycles. The fourth-order valence-corrected chi connectivity index (χ4v) is 1.85. The van der Waals surface area contributed by atoms with Gasteiger partial charge in [0.1, 0.15) is 0 Å². The Morgan fingerprint density at radius 2 is 2.46 bits per heavy atom. The molecule has 3 nitrogen and oxygen atoms in total. The minimum atomic E-state index is 0.123. The van der Waals surface area contributed by atoms with E-state index in [4.69, 9.17) is 0 Å². The molecule has 0 saturated carbocycles. The van der Waals surface area contributed by atoms with Crippen molar-refractivity contribution in [1.29, 1.82) is 0 Å². The quantitative estimate of drug-likeness (QED) is 0.632. The predicted octanol–water partition coefficient (Wildman–Crippen LogP) is 1.88. The summed E-state index contributed by atoms with van der Waals surface area (Å²) in [5.41, 5.74) is 2.20. The number of carbonyl (C=O) groups excluding carboxylic acids is 1. The van der Waals surface area contributed by atoms with Gasteiger partial charge in [-0.15, -0.1) is 0 Å². The number of carbonyl (C=O) groups is 1. The molecular formula is C9H10N2OS. The zero-order chi connectivity index (χ0) is 9.26. The van der Waals surface area contributed by atoms with E-state index in [0.29, 0.717) is 13.1 Å². The molecule has 0 spiro atoms. The highest BCUT2D eigenvalue weighted by atomic mass is 32.2. The van der Waals surface area contributed by atoms with Crippen molar-refractivity contribution in [3.05, 3.63) is 29.6 Å². The average Bonchev–Trinajstić information content (AvgIpc) is 2.59. The number of thioether (sulfide) groups is 1. The van der Waals surface area contributed by atoms with Crippen LogP contribution in [0.5, 0.6) is 0 Å². The maximum absolute atomic E-state index is 11.3. The van der Waals surface area contributed by atoms with Gasteiger partial charge in [0.2, 0.25) is 0 Å². The summed E-state index contributed by atoms with van der Waals surface area (Å²) in [6.45, 7) is 1.37. The van der Waals surface area contributed by atoms with Crippen LogP contribution in [0.2, 0.25) is 0 Å². The minimum Gasteiger partial charge on any atom is -0.323 e. The molecular weight excluding hydrogens is 184 g/mol. The molecule has 0 N–H and O–H groups in total. The predicted molar refractivity (Wildman–Crippen MR) is 52.4 cm³/mol. The van der Waals surface area contributed by atoms with Gasteiger partial charge < -0.3 is 4.90 Å². The van der Waals surface area contributed by atoms with E-state index in [-0.39, 0.29) is 5.24 Å². The third kappa shape index (κ3) is 1.54. The zero-order valence-electron chi connectivity index (χ0n) is 7.36. The van der Waals surface area contributed by atoms with Crippen molar-refractivity contribution in [1.82, 2.24) is 9.88 Å². The molecule has 0 unspecified atom stereocenters. The summed E-state index contributed by atoms with van der Waals surface area (Å²) in [5, 5.41) is 0.123. The number of fused-ring (bicyclic) bond motifs is 1. The van der Waals surface area contributed by atoms with Gasteiger partial charge in [0.25, 0.3) is 5.24 Å². The minimum absolute atomic E-state index is 0.123. The second kappa shape index (κ2) is 3.38. The Bertz CT molecular complexity index is 315. The lowest BCUT2D eigenvalue weighted by molar-refractivity contribution is 0.224. The number of rotatable bonds is 0. The first-order chi connectivity index (χ1) is 6.31. The van der Waals surface area contributed by atoms with E-state index >= 15 is 0 Å². The maximum Gasteiger partial charge on any atom is 0.282 e. The molecule has 2 rings (SSSR count). The summed E-state index contributed by atoms with van der Waals surface area (Å²) in [4.78, 5) is 17.4. The van der Waals surface area contributed by atoms with Gasteiger partial charge in [0, 0.05) is 12.7 Å². The molecule has 68 valence electrons. The van der Waals surface area contributed by atoms with Crippen LogP contribution in [0.3, 0.4) is 0 Å². The van der Waals surface area contributed by atoms with Crippen LogP contribution in [0.1, 0.15) is 11.3 Å². The van der Waals surface area contributed by atoms with Gasteiger partial charge in [0.05, 0.1) is 12.2 Å².